The van der Waals surface area contributed by atoms with Crippen molar-refractivity contribution in [3.63, 3.8) is 0 Å². The number of benzene rings is 4. The summed E-state index contributed by atoms with van der Waals surface area (Å²) in [5.41, 5.74) is 11.5. The van der Waals surface area contributed by atoms with Crippen LogP contribution in [0, 0.1) is 13.8 Å². The number of halogens is 2. The van der Waals surface area contributed by atoms with Gasteiger partial charge < -0.3 is 0 Å². The number of rotatable bonds is 10. The van der Waals surface area contributed by atoms with Crippen molar-refractivity contribution in [2.24, 2.45) is 0 Å². The average molecular weight is 1030 g/mol. The predicted octanol–water partition coefficient (Wildman–Crippen LogP) is 16.4. The van der Waals surface area contributed by atoms with Gasteiger partial charge in [0.15, 0.2) is 0 Å². The Kier molecular flexibility index (Phi) is 20.3. The summed E-state index contributed by atoms with van der Waals surface area (Å²) in [5, 5.41) is 12.0. The molecule has 0 heterocycles. The van der Waals surface area contributed by atoms with E-state index in [1.165, 1.54) is 78.9 Å². The van der Waals surface area contributed by atoms with Crippen molar-refractivity contribution >= 4 is 101 Å². The SMILES string of the molecule is CCC(C)c1cc2c(-c3cc([Si](C)(C)C)cc([Si](C)(C)C)c3)c(C)ccc2[cH-]1.CCC(C)c1cc2c(-c3cc([Si](C)(C)C)cc([Si](C)(C)C)c3)c(C)ccc2[cH-]1.C[Si]C.[Cl][Zr+2][Cl]. The van der Waals surface area contributed by atoms with Crippen LogP contribution in [0.4, 0.5) is 0 Å². The molecule has 0 aliphatic rings. The summed E-state index contributed by atoms with van der Waals surface area (Å²) < 4.78 is 0. The monoisotopic (exact) mass is 1030 g/mol. The Labute approximate surface area is 405 Å². The van der Waals surface area contributed by atoms with Crippen molar-refractivity contribution in [3.05, 3.63) is 107 Å². The molecule has 0 fully saturated rings. The molecule has 0 aliphatic heterocycles. The molecule has 8 heteroatoms. The second-order valence-corrected chi connectivity index (χ2v) is 46.9. The molecule has 334 valence electrons. The van der Waals surface area contributed by atoms with E-state index in [-0.39, 0.29) is 0 Å². The molecule has 6 aromatic carbocycles. The minimum absolute atomic E-state index is 0.617. The molecule has 2 unspecified atom stereocenters. The van der Waals surface area contributed by atoms with Gasteiger partial charge in [-0.05, 0) is 36.8 Å². The summed E-state index contributed by atoms with van der Waals surface area (Å²) >= 11 is -0.826. The van der Waals surface area contributed by atoms with Crippen LogP contribution in [0.2, 0.25) is 91.7 Å². The normalized spacial score (nSPS) is 13.0. The molecule has 0 nitrogen and oxygen atoms in total. The zero-order valence-corrected chi connectivity index (χ0v) is 51.4. The summed E-state index contributed by atoms with van der Waals surface area (Å²) in [4.78, 5) is 0. The zero-order chi connectivity index (χ0) is 47.1. The Bertz CT molecular complexity index is 2150. The third kappa shape index (κ3) is 14.3. The summed E-state index contributed by atoms with van der Waals surface area (Å²) in [7, 11) is 5.40. The van der Waals surface area contributed by atoms with Crippen LogP contribution in [0.1, 0.15) is 74.6 Å². The molecule has 0 amide bonds. The Morgan fingerprint density at radius 2 is 0.758 bits per heavy atom. The second-order valence-electron chi connectivity index (χ2n) is 21.9. The van der Waals surface area contributed by atoms with Gasteiger partial charge in [-0.1, -0.05) is 212 Å². The quantitative estimate of drug-likeness (QED) is 0.0947. The van der Waals surface area contributed by atoms with Gasteiger partial charge in [0.2, 0.25) is 0 Å². The molecule has 6 rings (SSSR count). The fourth-order valence-corrected chi connectivity index (χ4v) is 12.9. The zero-order valence-electron chi connectivity index (χ0n) is 42.4. The summed E-state index contributed by atoms with van der Waals surface area (Å²) in [6.07, 6.45) is 2.38. The molecule has 0 saturated heterocycles. The first kappa shape index (κ1) is 55.0. The molecule has 62 heavy (non-hydrogen) atoms. The van der Waals surface area contributed by atoms with Crippen LogP contribution in [-0.2, 0) is 20.8 Å². The molecule has 0 aromatic heterocycles. The molecule has 0 spiro atoms. The molecule has 6 aromatic rings. The fourth-order valence-electron chi connectivity index (χ4n) is 7.91. The van der Waals surface area contributed by atoms with Gasteiger partial charge in [0.1, 0.15) is 0 Å². The van der Waals surface area contributed by atoms with E-state index in [9.17, 15) is 0 Å². The Morgan fingerprint density at radius 1 is 0.500 bits per heavy atom. The van der Waals surface area contributed by atoms with Crippen molar-refractivity contribution in [2.75, 3.05) is 0 Å². The third-order valence-electron chi connectivity index (χ3n) is 12.5. The van der Waals surface area contributed by atoms with Gasteiger partial charge in [0, 0.05) is 9.52 Å². The minimum atomic E-state index is -1.39. The molecule has 2 radical (unpaired) electrons. The summed E-state index contributed by atoms with van der Waals surface area (Å²) in [5.74, 6) is 1.23. The fraction of sp³-hybridized carbons (Fsp3) is 0.444. The van der Waals surface area contributed by atoms with E-state index < -0.39 is 53.1 Å². The van der Waals surface area contributed by atoms with E-state index in [2.05, 4.69) is 218 Å². The van der Waals surface area contributed by atoms with Crippen molar-refractivity contribution in [2.45, 2.75) is 158 Å². The van der Waals surface area contributed by atoms with Crippen LogP contribution in [0.3, 0.4) is 0 Å². The van der Waals surface area contributed by atoms with Crippen molar-refractivity contribution in [1.82, 2.24) is 0 Å². The number of hydrogen-bond donors (Lipinski definition) is 0. The van der Waals surface area contributed by atoms with Gasteiger partial charge in [-0.2, -0.15) is 12.1 Å². The Balaban J connectivity index is 0.000000293. The van der Waals surface area contributed by atoms with E-state index in [4.69, 9.17) is 17.0 Å². The van der Waals surface area contributed by atoms with E-state index in [0.717, 1.165) is 9.52 Å². The van der Waals surface area contributed by atoms with Gasteiger partial charge in [-0.15, -0.1) is 69.1 Å². The summed E-state index contributed by atoms with van der Waals surface area (Å²) in [6.45, 7) is 47.7. The predicted molar refractivity (Wildman–Crippen MR) is 298 cm³/mol. The first-order chi connectivity index (χ1) is 28.7. The standard InChI is InChI=1S/2C26H37Si2.C2H6Si.2ClH.Zr/c2*1-10-18(2)21-13-20-12-11-19(3)26(25(20)16-21)22-14-23(27(4,5)6)17-24(15-22)28(7,8)9;1-3-2;;;/h2*11-18H,10H2,1-9H3;1-2H3;2*1H;/q2*-1;;;;+4/p-2. The number of fused-ring (bicyclic) bond motifs is 2. The molecular weight excluding hydrogens is 951 g/mol. The molecule has 0 saturated carbocycles. The van der Waals surface area contributed by atoms with Gasteiger partial charge in [0.05, 0.1) is 32.3 Å². The third-order valence-corrected chi connectivity index (χ3v) is 20.6. The first-order valence-electron chi connectivity index (χ1n) is 22.9. The van der Waals surface area contributed by atoms with E-state index in [1.807, 2.05) is 0 Å². The maximum atomic E-state index is 4.93. The van der Waals surface area contributed by atoms with Crippen molar-refractivity contribution < 1.29 is 20.8 Å². The van der Waals surface area contributed by atoms with Crippen LogP contribution >= 0.6 is 17.0 Å². The molecule has 0 aliphatic carbocycles. The topological polar surface area (TPSA) is 0 Å². The average Bonchev–Trinajstić information content (AvgIpc) is 3.81. The number of aryl methyl sites for hydroxylation is 2. The van der Waals surface area contributed by atoms with Crippen LogP contribution in [0.5, 0.6) is 0 Å². The van der Waals surface area contributed by atoms with Crippen LogP contribution < -0.4 is 20.7 Å². The van der Waals surface area contributed by atoms with Crippen LogP contribution in [-0.4, -0.2) is 41.8 Å². The second kappa shape index (κ2) is 22.9. The first-order valence-corrected chi connectivity index (χ1v) is 45.3. The van der Waals surface area contributed by atoms with Gasteiger partial charge in [-0.25, -0.2) is 0 Å². The Morgan fingerprint density at radius 3 is 0.984 bits per heavy atom. The Hall–Kier alpha value is -1.35. The van der Waals surface area contributed by atoms with Crippen LogP contribution in [0.15, 0.2) is 84.9 Å². The molecule has 0 bridgehead atoms. The molecular formula is C54H80Cl2Si5Zr. The number of hydrogen-bond acceptors (Lipinski definition) is 0. The van der Waals surface area contributed by atoms with E-state index in [1.54, 1.807) is 20.7 Å². The van der Waals surface area contributed by atoms with Gasteiger partial charge >= 0.3 is 37.9 Å². The van der Waals surface area contributed by atoms with Crippen molar-refractivity contribution in [3.8, 4) is 22.3 Å². The van der Waals surface area contributed by atoms with Crippen molar-refractivity contribution in [1.29, 1.82) is 0 Å². The maximum absolute atomic E-state index is 4.93. The molecule has 0 N–H and O–H groups in total. The van der Waals surface area contributed by atoms with E-state index >= 15 is 0 Å². The van der Waals surface area contributed by atoms with Crippen LogP contribution in [0.25, 0.3) is 43.8 Å². The van der Waals surface area contributed by atoms with Gasteiger partial charge in [0.25, 0.3) is 0 Å². The van der Waals surface area contributed by atoms with Gasteiger partial charge in [-0.3, -0.25) is 0 Å². The van der Waals surface area contributed by atoms with E-state index in [0.29, 0.717) is 11.8 Å². The summed E-state index contributed by atoms with van der Waals surface area (Å²) in [6, 6.07) is 34.1. The molecule has 2 atom stereocenters.